The summed E-state index contributed by atoms with van der Waals surface area (Å²) in [5, 5.41) is 13.3. The molecule has 8 nitrogen and oxygen atoms in total. The van der Waals surface area contributed by atoms with Gasteiger partial charge in [0.2, 0.25) is 0 Å². The number of aliphatic hydroxyl groups is 1. The summed E-state index contributed by atoms with van der Waals surface area (Å²) in [6.07, 6.45) is 3.57. The predicted octanol–water partition coefficient (Wildman–Crippen LogP) is 3.10. The van der Waals surface area contributed by atoms with E-state index in [2.05, 4.69) is 11.9 Å². The standard InChI is InChI=1S/C24H35NO7/c1-6-24-18(15(13-26)10-11-20(24)29-3)12-17(22(24)25-23(27)31-5)16-8-7-9-19(21(16)30-4)32-14-28-2/h6-9,15,17-18,20,22,26H,1,10-14H2,2-5H3,(H,25,27)/t15-,17+,18+,20-,22+,24+/m0/s1. The Morgan fingerprint density at radius 3 is 2.66 bits per heavy atom. The van der Waals surface area contributed by atoms with Gasteiger partial charge >= 0.3 is 6.09 Å². The van der Waals surface area contributed by atoms with E-state index < -0.39 is 11.5 Å². The van der Waals surface area contributed by atoms with Crippen molar-refractivity contribution in [2.45, 2.75) is 37.3 Å². The first-order chi connectivity index (χ1) is 15.5. The number of nitrogens with one attached hydrogen (secondary N) is 1. The molecule has 2 saturated carbocycles. The maximum absolute atomic E-state index is 12.5. The number of fused-ring (bicyclic) bond motifs is 1. The number of amides is 1. The molecule has 0 saturated heterocycles. The second-order valence-electron chi connectivity index (χ2n) is 8.44. The third-order valence-corrected chi connectivity index (χ3v) is 7.29. The van der Waals surface area contributed by atoms with E-state index in [4.69, 9.17) is 23.7 Å². The molecule has 3 rings (SSSR count). The van der Waals surface area contributed by atoms with Crippen LogP contribution in [-0.2, 0) is 14.2 Å². The molecule has 0 unspecified atom stereocenters. The fourth-order valence-electron chi connectivity index (χ4n) is 6.00. The second kappa shape index (κ2) is 10.6. The van der Waals surface area contributed by atoms with Crippen molar-refractivity contribution >= 4 is 6.09 Å². The molecular formula is C24H35NO7. The molecule has 1 aromatic carbocycles. The number of benzene rings is 1. The van der Waals surface area contributed by atoms with Crippen molar-refractivity contribution in [3.63, 3.8) is 0 Å². The van der Waals surface area contributed by atoms with Crippen LogP contribution in [0, 0.1) is 17.3 Å². The van der Waals surface area contributed by atoms with Crippen LogP contribution in [0.2, 0.25) is 0 Å². The average Bonchev–Trinajstić information content (AvgIpc) is 3.16. The van der Waals surface area contributed by atoms with E-state index in [1.54, 1.807) is 21.3 Å². The van der Waals surface area contributed by atoms with E-state index in [0.717, 1.165) is 24.8 Å². The van der Waals surface area contributed by atoms with Gasteiger partial charge in [-0.05, 0) is 37.2 Å². The Balaban J connectivity index is 2.15. The molecule has 6 atom stereocenters. The minimum Gasteiger partial charge on any atom is -0.493 e. The lowest BCUT2D eigenvalue weighted by molar-refractivity contribution is -0.0769. The minimum absolute atomic E-state index is 0.0594. The van der Waals surface area contributed by atoms with Gasteiger partial charge in [-0.1, -0.05) is 18.2 Å². The lowest BCUT2D eigenvalue weighted by Gasteiger charge is -2.49. The Labute approximate surface area is 189 Å². The van der Waals surface area contributed by atoms with Crippen molar-refractivity contribution in [1.82, 2.24) is 5.32 Å². The van der Waals surface area contributed by atoms with Gasteiger partial charge in [0.15, 0.2) is 18.3 Å². The van der Waals surface area contributed by atoms with Gasteiger partial charge in [-0.15, -0.1) is 6.58 Å². The van der Waals surface area contributed by atoms with Crippen molar-refractivity contribution < 1.29 is 33.6 Å². The van der Waals surface area contributed by atoms with Gasteiger partial charge in [0, 0.05) is 37.7 Å². The SMILES string of the molecule is C=C[C@]12[C@@H](OC)CC[C@@H](CO)[C@H]1C[C@H](c1cccc(OCOC)c1OC)[C@H]2NC(=O)OC. The van der Waals surface area contributed by atoms with Crippen molar-refractivity contribution in [2.75, 3.05) is 41.8 Å². The number of methoxy groups -OCH3 is 4. The normalized spacial score (nSPS) is 31.5. The molecule has 2 N–H and O–H groups in total. The number of carbonyl (C=O) groups excluding carboxylic acids is 1. The molecule has 32 heavy (non-hydrogen) atoms. The number of alkyl carbamates (subject to hydrolysis) is 1. The molecule has 1 amide bonds. The smallest absolute Gasteiger partial charge is 0.407 e. The molecule has 0 bridgehead atoms. The number of hydrogen-bond donors (Lipinski definition) is 2. The Morgan fingerprint density at radius 1 is 1.28 bits per heavy atom. The predicted molar refractivity (Wildman–Crippen MR) is 119 cm³/mol. The first kappa shape index (κ1) is 24.4. The van der Waals surface area contributed by atoms with Crippen molar-refractivity contribution in [3.8, 4) is 11.5 Å². The maximum atomic E-state index is 12.5. The number of rotatable bonds is 9. The third-order valence-electron chi connectivity index (χ3n) is 7.29. The highest BCUT2D eigenvalue weighted by Crippen LogP contribution is 2.61. The summed E-state index contributed by atoms with van der Waals surface area (Å²) in [4.78, 5) is 12.5. The molecule has 0 aliphatic heterocycles. The van der Waals surface area contributed by atoms with E-state index >= 15 is 0 Å². The van der Waals surface area contributed by atoms with Crippen LogP contribution in [0.25, 0.3) is 0 Å². The van der Waals surface area contributed by atoms with Gasteiger partial charge in [0.05, 0.1) is 26.4 Å². The van der Waals surface area contributed by atoms with Crippen LogP contribution < -0.4 is 14.8 Å². The topological polar surface area (TPSA) is 95.5 Å². The number of carbonyl (C=O) groups is 1. The number of aliphatic hydroxyl groups excluding tert-OH is 1. The van der Waals surface area contributed by atoms with Gasteiger partial charge < -0.3 is 34.1 Å². The molecule has 0 radical (unpaired) electrons. The van der Waals surface area contributed by atoms with Crippen molar-refractivity contribution in [1.29, 1.82) is 0 Å². The van der Waals surface area contributed by atoms with E-state index in [9.17, 15) is 9.90 Å². The zero-order valence-corrected chi connectivity index (χ0v) is 19.3. The summed E-state index contributed by atoms with van der Waals surface area (Å²) in [7, 11) is 6.19. The lowest BCUT2D eigenvalue weighted by atomic mass is 9.60. The van der Waals surface area contributed by atoms with Crippen LogP contribution in [-0.4, -0.2) is 65.2 Å². The monoisotopic (exact) mass is 449 g/mol. The van der Waals surface area contributed by atoms with Gasteiger partial charge in [-0.3, -0.25) is 0 Å². The fraction of sp³-hybridized carbons (Fsp3) is 0.625. The number of ether oxygens (including phenoxy) is 5. The van der Waals surface area contributed by atoms with Crippen LogP contribution in [0.1, 0.15) is 30.7 Å². The quantitative estimate of drug-likeness (QED) is 0.442. The van der Waals surface area contributed by atoms with Crippen LogP contribution in [0.15, 0.2) is 30.9 Å². The highest BCUT2D eigenvalue weighted by molar-refractivity contribution is 5.68. The Hall–Kier alpha value is -2.29. The highest BCUT2D eigenvalue weighted by atomic mass is 16.7. The van der Waals surface area contributed by atoms with Gasteiger partial charge in [0.25, 0.3) is 0 Å². The Bertz CT molecular complexity index is 801. The van der Waals surface area contributed by atoms with Crippen LogP contribution >= 0.6 is 0 Å². The van der Waals surface area contributed by atoms with Crippen LogP contribution in [0.5, 0.6) is 11.5 Å². The molecule has 2 fully saturated rings. The largest absolute Gasteiger partial charge is 0.493 e. The molecule has 2 aliphatic carbocycles. The molecule has 0 heterocycles. The lowest BCUT2D eigenvalue weighted by Crippen LogP contribution is -2.57. The maximum Gasteiger partial charge on any atom is 0.407 e. The minimum atomic E-state index is -0.576. The van der Waals surface area contributed by atoms with Crippen molar-refractivity contribution in [2.24, 2.45) is 17.3 Å². The van der Waals surface area contributed by atoms with Gasteiger partial charge in [-0.25, -0.2) is 4.79 Å². The Kier molecular flexibility index (Phi) is 8.03. The molecule has 2 aliphatic rings. The fourth-order valence-corrected chi connectivity index (χ4v) is 6.00. The molecule has 1 aromatic rings. The number of hydrogen-bond acceptors (Lipinski definition) is 7. The first-order valence-electron chi connectivity index (χ1n) is 10.9. The second-order valence-corrected chi connectivity index (χ2v) is 8.44. The first-order valence-corrected chi connectivity index (χ1v) is 10.9. The summed E-state index contributed by atoms with van der Waals surface area (Å²) in [6.45, 7) is 4.33. The van der Waals surface area contributed by atoms with E-state index in [1.165, 1.54) is 7.11 Å². The molecule has 0 aromatic heterocycles. The van der Waals surface area contributed by atoms with E-state index in [-0.39, 0.29) is 43.3 Å². The van der Waals surface area contributed by atoms with Gasteiger partial charge in [-0.2, -0.15) is 0 Å². The zero-order valence-electron chi connectivity index (χ0n) is 19.3. The third kappa shape index (κ3) is 4.07. The summed E-state index contributed by atoms with van der Waals surface area (Å²) in [6, 6.07) is 5.34. The van der Waals surface area contributed by atoms with Crippen LogP contribution in [0.3, 0.4) is 0 Å². The molecule has 0 spiro atoms. The summed E-state index contributed by atoms with van der Waals surface area (Å²) >= 11 is 0. The average molecular weight is 450 g/mol. The Morgan fingerprint density at radius 2 is 2.06 bits per heavy atom. The highest BCUT2D eigenvalue weighted by Gasteiger charge is 2.62. The summed E-state index contributed by atoms with van der Waals surface area (Å²) in [5.74, 6) is 1.16. The molecule has 8 heteroatoms. The summed E-state index contributed by atoms with van der Waals surface area (Å²) in [5.41, 5.74) is 0.331. The van der Waals surface area contributed by atoms with Crippen molar-refractivity contribution in [3.05, 3.63) is 36.4 Å². The van der Waals surface area contributed by atoms with E-state index in [0.29, 0.717) is 11.5 Å². The number of para-hydroxylation sites is 1. The molecular weight excluding hydrogens is 414 g/mol. The summed E-state index contributed by atoms with van der Waals surface area (Å²) < 4.78 is 27.5. The van der Waals surface area contributed by atoms with Crippen LogP contribution in [0.4, 0.5) is 4.79 Å². The molecule has 178 valence electrons. The van der Waals surface area contributed by atoms with Gasteiger partial charge in [0.1, 0.15) is 0 Å². The van der Waals surface area contributed by atoms with E-state index in [1.807, 2.05) is 24.3 Å². The zero-order chi connectivity index (χ0) is 23.3.